The summed E-state index contributed by atoms with van der Waals surface area (Å²) in [5, 5.41) is 3.41. The molecule has 154 valence electrons. The SMILES string of the molecule is CN(CC(=O)Nc1ccc(Cl)c(Cl)c1)C(=O)[C@H]1CCCN(C(=O)c2ccco2)C1. The third-order valence-electron chi connectivity index (χ3n) is 4.75. The summed E-state index contributed by atoms with van der Waals surface area (Å²) in [5.74, 6) is -0.852. The molecular weight excluding hydrogens is 417 g/mol. The quantitative estimate of drug-likeness (QED) is 0.775. The van der Waals surface area contributed by atoms with E-state index in [1.807, 2.05) is 0 Å². The molecule has 3 rings (SSSR count). The summed E-state index contributed by atoms with van der Waals surface area (Å²) in [5.41, 5.74) is 0.498. The topological polar surface area (TPSA) is 82.9 Å². The van der Waals surface area contributed by atoms with Crippen molar-refractivity contribution in [3.05, 3.63) is 52.4 Å². The maximum Gasteiger partial charge on any atom is 0.289 e. The Kier molecular flexibility index (Phi) is 6.82. The molecule has 0 radical (unpaired) electrons. The summed E-state index contributed by atoms with van der Waals surface area (Å²) >= 11 is 11.8. The summed E-state index contributed by atoms with van der Waals surface area (Å²) in [4.78, 5) is 40.5. The fourth-order valence-electron chi connectivity index (χ4n) is 3.30. The predicted molar refractivity (Wildman–Crippen MR) is 110 cm³/mol. The lowest BCUT2D eigenvalue weighted by Crippen LogP contribution is -2.47. The van der Waals surface area contributed by atoms with Gasteiger partial charge in [0.15, 0.2) is 5.76 Å². The highest BCUT2D eigenvalue weighted by Gasteiger charge is 2.31. The van der Waals surface area contributed by atoms with Gasteiger partial charge in [0.2, 0.25) is 11.8 Å². The molecule has 1 aliphatic rings. The van der Waals surface area contributed by atoms with Gasteiger partial charge < -0.3 is 19.5 Å². The van der Waals surface area contributed by atoms with E-state index in [1.54, 1.807) is 42.3 Å². The molecule has 29 heavy (non-hydrogen) atoms. The van der Waals surface area contributed by atoms with Gasteiger partial charge in [0.25, 0.3) is 5.91 Å². The zero-order valence-electron chi connectivity index (χ0n) is 15.9. The minimum Gasteiger partial charge on any atom is -0.459 e. The Balaban J connectivity index is 1.55. The number of furan rings is 1. The van der Waals surface area contributed by atoms with Gasteiger partial charge in [0.05, 0.1) is 28.8 Å². The molecule has 1 N–H and O–H groups in total. The number of benzene rings is 1. The van der Waals surface area contributed by atoms with E-state index in [0.29, 0.717) is 41.7 Å². The van der Waals surface area contributed by atoms with Crippen LogP contribution in [0.3, 0.4) is 0 Å². The maximum atomic E-state index is 12.8. The van der Waals surface area contributed by atoms with E-state index in [9.17, 15) is 14.4 Å². The highest BCUT2D eigenvalue weighted by Crippen LogP contribution is 2.25. The normalized spacial score (nSPS) is 16.4. The molecule has 2 aromatic rings. The van der Waals surface area contributed by atoms with Crippen molar-refractivity contribution in [2.75, 3.05) is 32.0 Å². The van der Waals surface area contributed by atoms with Gasteiger partial charge in [-0.25, -0.2) is 0 Å². The molecule has 0 aliphatic carbocycles. The van der Waals surface area contributed by atoms with Crippen LogP contribution in [0.1, 0.15) is 23.4 Å². The van der Waals surface area contributed by atoms with Gasteiger partial charge in [0, 0.05) is 25.8 Å². The molecule has 9 heteroatoms. The molecule has 1 aliphatic heterocycles. The number of carbonyl (C=O) groups is 3. The van der Waals surface area contributed by atoms with Gasteiger partial charge in [-0.15, -0.1) is 0 Å². The second-order valence-electron chi connectivity index (χ2n) is 6.94. The van der Waals surface area contributed by atoms with Gasteiger partial charge in [-0.2, -0.15) is 0 Å². The number of anilines is 1. The molecule has 3 amide bonds. The summed E-state index contributed by atoms with van der Waals surface area (Å²) in [6.07, 6.45) is 2.83. The molecule has 1 aromatic heterocycles. The smallest absolute Gasteiger partial charge is 0.289 e. The molecule has 0 bridgehead atoms. The zero-order valence-corrected chi connectivity index (χ0v) is 17.4. The van der Waals surface area contributed by atoms with Crippen molar-refractivity contribution in [1.82, 2.24) is 9.80 Å². The third kappa shape index (κ3) is 5.31. The predicted octanol–water partition coefficient (Wildman–Crippen LogP) is 3.54. The number of carbonyl (C=O) groups excluding carboxylic acids is 3. The van der Waals surface area contributed by atoms with E-state index in [0.717, 1.165) is 0 Å². The van der Waals surface area contributed by atoms with Crippen LogP contribution in [0.15, 0.2) is 41.0 Å². The van der Waals surface area contributed by atoms with E-state index in [-0.39, 0.29) is 35.9 Å². The van der Waals surface area contributed by atoms with Crippen LogP contribution in [0.2, 0.25) is 10.0 Å². The van der Waals surface area contributed by atoms with Crippen LogP contribution in [0.5, 0.6) is 0 Å². The number of hydrogen-bond acceptors (Lipinski definition) is 4. The average Bonchev–Trinajstić information content (AvgIpc) is 3.24. The van der Waals surface area contributed by atoms with Crippen molar-refractivity contribution in [2.24, 2.45) is 5.92 Å². The Morgan fingerprint density at radius 1 is 1.24 bits per heavy atom. The second kappa shape index (κ2) is 9.33. The van der Waals surface area contributed by atoms with Crippen LogP contribution in [0.25, 0.3) is 0 Å². The van der Waals surface area contributed by atoms with Crippen LogP contribution in [0, 0.1) is 5.92 Å². The van der Waals surface area contributed by atoms with Gasteiger partial charge in [-0.1, -0.05) is 23.2 Å². The van der Waals surface area contributed by atoms with Crippen LogP contribution >= 0.6 is 23.2 Å². The minimum absolute atomic E-state index is 0.109. The van der Waals surface area contributed by atoms with Crippen LogP contribution in [-0.4, -0.2) is 54.2 Å². The van der Waals surface area contributed by atoms with Gasteiger partial charge in [-0.05, 0) is 43.2 Å². The van der Waals surface area contributed by atoms with E-state index in [4.69, 9.17) is 27.6 Å². The molecule has 1 atom stereocenters. The number of piperidine rings is 1. The fourth-order valence-corrected chi connectivity index (χ4v) is 3.60. The second-order valence-corrected chi connectivity index (χ2v) is 7.75. The van der Waals surface area contributed by atoms with Crippen LogP contribution < -0.4 is 5.32 Å². The number of hydrogen-bond donors (Lipinski definition) is 1. The first kappa shape index (κ1) is 21.2. The Morgan fingerprint density at radius 3 is 2.72 bits per heavy atom. The molecule has 7 nitrogen and oxygen atoms in total. The molecule has 1 fully saturated rings. The maximum absolute atomic E-state index is 12.8. The Labute approximate surface area is 178 Å². The number of likely N-dealkylation sites (N-methyl/N-ethyl adjacent to an activating group) is 1. The first-order valence-corrected chi connectivity index (χ1v) is 9.93. The van der Waals surface area contributed by atoms with E-state index in [2.05, 4.69) is 5.32 Å². The summed E-state index contributed by atoms with van der Waals surface area (Å²) in [6, 6.07) is 8.02. The van der Waals surface area contributed by atoms with Crippen molar-refractivity contribution < 1.29 is 18.8 Å². The average molecular weight is 438 g/mol. The third-order valence-corrected chi connectivity index (χ3v) is 5.49. The molecule has 0 spiro atoms. The van der Waals surface area contributed by atoms with Crippen molar-refractivity contribution in [2.45, 2.75) is 12.8 Å². The molecule has 1 aromatic carbocycles. The Morgan fingerprint density at radius 2 is 2.03 bits per heavy atom. The number of amides is 3. The molecule has 1 saturated heterocycles. The first-order valence-electron chi connectivity index (χ1n) is 9.18. The van der Waals surface area contributed by atoms with Gasteiger partial charge in [0.1, 0.15) is 0 Å². The number of halogens is 2. The van der Waals surface area contributed by atoms with E-state index in [1.165, 1.54) is 11.2 Å². The van der Waals surface area contributed by atoms with Crippen molar-refractivity contribution in [1.29, 1.82) is 0 Å². The van der Waals surface area contributed by atoms with Gasteiger partial charge in [-0.3, -0.25) is 14.4 Å². The van der Waals surface area contributed by atoms with E-state index >= 15 is 0 Å². The largest absolute Gasteiger partial charge is 0.459 e. The highest BCUT2D eigenvalue weighted by atomic mass is 35.5. The van der Waals surface area contributed by atoms with Gasteiger partial charge >= 0.3 is 0 Å². The van der Waals surface area contributed by atoms with Crippen molar-refractivity contribution in [3.8, 4) is 0 Å². The number of rotatable bonds is 5. The summed E-state index contributed by atoms with van der Waals surface area (Å²) in [6.45, 7) is 0.768. The lowest BCUT2D eigenvalue weighted by molar-refractivity contribution is -0.138. The number of nitrogens with zero attached hydrogens (tertiary/aromatic N) is 2. The lowest BCUT2D eigenvalue weighted by atomic mass is 9.96. The zero-order chi connectivity index (χ0) is 21.0. The molecule has 2 heterocycles. The standard InChI is InChI=1S/C20H21Cl2N3O4/c1-24(12-18(26)23-14-6-7-15(21)16(22)10-14)19(27)13-4-2-8-25(11-13)20(28)17-5-3-9-29-17/h3,5-7,9-10,13H,2,4,8,11-12H2,1H3,(H,23,26)/t13-/m0/s1. The number of nitrogens with one attached hydrogen (secondary N) is 1. The molecular formula is C20H21Cl2N3O4. The summed E-state index contributed by atoms with van der Waals surface area (Å²) < 4.78 is 5.16. The monoisotopic (exact) mass is 437 g/mol. The van der Waals surface area contributed by atoms with Crippen LogP contribution in [0.4, 0.5) is 5.69 Å². The highest BCUT2D eigenvalue weighted by molar-refractivity contribution is 6.42. The Hall–Kier alpha value is -2.51. The van der Waals surface area contributed by atoms with Crippen molar-refractivity contribution in [3.63, 3.8) is 0 Å². The first-order chi connectivity index (χ1) is 13.8. The molecule has 0 unspecified atom stereocenters. The fraction of sp³-hybridized carbons (Fsp3) is 0.350. The molecule has 0 saturated carbocycles. The van der Waals surface area contributed by atoms with Crippen molar-refractivity contribution >= 4 is 46.6 Å². The Bertz CT molecular complexity index is 901. The van der Waals surface area contributed by atoms with E-state index < -0.39 is 0 Å². The summed E-state index contributed by atoms with van der Waals surface area (Å²) in [7, 11) is 1.57. The minimum atomic E-state index is -0.356. The lowest BCUT2D eigenvalue weighted by Gasteiger charge is -2.33. The van der Waals surface area contributed by atoms with Crippen LogP contribution in [-0.2, 0) is 9.59 Å². The number of likely N-dealkylation sites (tertiary alicyclic amines) is 1.